The summed E-state index contributed by atoms with van der Waals surface area (Å²) in [5.74, 6) is -0.245. The van der Waals surface area contributed by atoms with Crippen molar-refractivity contribution in [2.45, 2.75) is 25.9 Å². The Kier molecular flexibility index (Phi) is 5.78. The Morgan fingerprint density at radius 2 is 2.20 bits per heavy atom. The number of pyridine rings is 1. The molecule has 1 aromatic carbocycles. The number of carbonyl (C=O) groups excluding carboxylic acids is 2. The van der Waals surface area contributed by atoms with Crippen molar-refractivity contribution in [1.29, 1.82) is 0 Å². The van der Waals surface area contributed by atoms with Crippen LogP contribution in [0.3, 0.4) is 0 Å². The van der Waals surface area contributed by atoms with Gasteiger partial charge in [-0.2, -0.15) is 4.98 Å². The average molecular weight is 409 g/mol. The second-order valence-electron chi connectivity index (χ2n) is 7.11. The Balaban J connectivity index is 1.33. The number of hydrogen-bond acceptors (Lipinski definition) is 6. The largest absolute Gasteiger partial charge is 0.347 e. The topological polar surface area (TPSA) is 101 Å². The van der Waals surface area contributed by atoms with E-state index in [1.165, 1.54) is 12.1 Å². The first-order chi connectivity index (χ1) is 14.6. The van der Waals surface area contributed by atoms with Gasteiger partial charge < -0.3 is 14.7 Å². The van der Waals surface area contributed by atoms with Gasteiger partial charge in [-0.25, -0.2) is 4.39 Å². The van der Waals surface area contributed by atoms with Gasteiger partial charge in [-0.1, -0.05) is 17.3 Å². The molecule has 2 aromatic heterocycles. The Morgan fingerprint density at radius 3 is 3.00 bits per heavy atom. The van der Waals surface area contributed by atoms with Crippen LogP contribution in [0.4, 0.5) is 4.39 Å². The molecule has 1 unspecified atom stereocenters. The summed E-state index contributed by atoms with van der Waals surface area (Å²) in [4.78, 5) is 34.7. The molecule has 0 bridgehead atoms. The molecule has 154 valence electrons. The van der Waals surface area contributed by atoms with Crippen molar-refractivity contribution in [2.24, 2.45) is 5.92 Å². The molecule has 2 amide bonds. The summed E-state index contributed by atoms with van der Waals surface area (Å²) in [6.45, 7) is 0.658. The molecule has 3 aromatic rings. The molecule has 8 nitrogen and oxygen atoms in total. The molecule has 1 saturated heterocycles. The molecule has 0 saturated carbocycles. The standard InChI is InChI=1S/C21H20FN5O3/c22-17-5-1-3-14(9-17)12-27-13-16(6-7-19(27)28)21(29)24-11-18-25-20(26-30-18)15-4-2-8-23-10-15/h1-5,8-10,16H,6-7,11-13H2,(H,24,29). The van der Waals surface area contributed by atoms with Crippen molar-refractivity contribution in [2.75, 3.05) is 6.54 Å². The first-order valence-electron chi connectivity index (χ1n) is 9.61. The lowest BCUT2D eigenvalue weighted by Crippen LogP contribution is -2.45. The molecular weight excluding hydrogens is 389 g/mol. The number of benzene rings is 1. The first kappa shape index (κ1) is 19.7. The minimum absolute atomic E-state index is 0.0404. The van der Waals surface area contributed by atoms with E-state index in [0.717, 1.165) is 5.56 Å². The van der Waals surface area contributed by atoms with E-state index in [1.54, 1.807) is 35.5 Å². The molecule has 1 N–H and O–H groups in total. The number of aromatic nitrogens is 3. The van der Waals surface area contributed by atoms with Gasteiger partial charge in [-0.05, 0) is 36.2 Å². The van der Waals surface area contributed by atoms with Crippen LogP contribution in [0.15, 0.2) is 53.3 Å². The maximum atomic E-state index is 13.4. The van der Waals surface area contributed by atoms with Crippen LogP contribution < -0.4 is 5.32 Å². The maximum Gasteiger partial charge on any atom is 0.246 e. The molecule has 1 fully saturated rings. The van der Waals surface area contributed by atoms with Gasteiger partial charge in [0.2, 0.25) is 23.5 Å². The molecule has 0 aliphatic carbocycles. The van der Waals surface area contributed by atoms with Crippen molar-refractivity contribution in [3.8, 4) is 11.4 Å². The molecule has 1 atom stereocenters. The van der Waals surface area contributed by atoms with Crippen LogP contribution in [0, 0.1) is 11.7 Å². The van der Waals surface area contributed by atoms with E-state index in [1.807, 2.05) is 6.07 Å². The fraction of sp³-hybridized carbons (Fsp3) is 0.286. The summed E-state index contributed by atoms with van der Waals surface area (Å²) in [6.07, 6.45) is 4.02. The third kappa shape index (κ3) is 4.68. The lowest BCUT2D eigenvalue weighted by molar-refractivity contribution is -0.139. The van der Waals surface area contributed by atoms with Crippen LogP contribution in [0.2, 0.25) is 0 Å². The highest BCUT2D eigenvalue weighted by atomic mass is 19.1. The van der Waals surface area contributed by atoms with Gasteiger partial charge in [-0.15, -0.1) is 0 Å². The number of hydrogen-bond donors (Lipinski definition) is 1. The van der Waals surface area contributed by atoms with Gasteiger partial charge in [-0.3, -0.25) is 14.6 Å². The third-order valence-electron chi connectivity index (χ3n) is 4.94. The summed E-state index contributed by atoms with van der Waals surface area (Å²) in [7, 11) is 0. The first-order valence-corrected chi connectivity index (χ1v) is 9.61. The fourth-order valence-electron chi connectivity index (χ4n) is 3.38. The molecule has 1 aliphatic heterocycles. The third-order valence-corrected chi connectivity index (χ3v) is 4.94. The number of carbonyl (C=O) groups is 2. The highest BCUT2D eigenvalue weighted by Gasteiger charge is 2.30. The van der Waals surface area contributed by atoms with Crippen LogP contribution in [-0.4, -0.2) is 38.4 Å². The summed E-state index contributed by atoms with van der Waals surface area (Å²) in [5, 5.41) is 6.68. The Morgan fingerprint density at radius 1 is 1.30 bits per heavy atom. The number of halogens is 1. The fourth-order valence-corrected chi connectivity index (χ4v) is 3.38. The minimum atomic E-state index is -0.350. The Hall–Kier alpha value is -3.62. The van der Waals surface area contributed by atoms with Crippen molar-refractivity contribution >= 4 is 11.8 Å². The molecule has 30 heavy (non-hydrogen) atoms. The number of piperidine rings is 1. The summed E-state index contributed by atoms with van der Waals surface area (Å²) >= 11 is 0. The highest BCUT2D eigenvalue weighted by molar-refractivity contribution is 5.83. The van der Waals surface area contributed by atoms with Gasteiger partial charge in [0.15, 0.2) is 0 Å². The SMILES string of the molecule is O=C(NCc1nc(-c2cccnc2)no1)C1CCC(=O)N(Cc2cccc(F)c2)C1. The molecule has 3 heterocycles. The zero-order chi connectivity index (χ0) is 20.9. The van der Waals surface area contributed by atoms with E-state index in [4.69, 9.17) is 4.52 Å². The van der Waals surface area contributed by atoms with Crippen molar-refractivity contribution < 1.29 is 18.5 Å². The molecule has 4 rings (SSSR count). The molecular formula is C21H20FN5O3. The minimum Gasteiger partial charge on any atom is -0.347 e. The van der Waals surface area contributed by atoms with E-state index in [9.17, 15) is 14.0 Å². The monoisotopic (exact) mass is 409 g/mol. The summed E-state index contributed by atoms with van der Waals surface area (Å²) in [6, 6.07) is 9.70. The van der Waals surface area contributed by atoms with Crippen LogP contribution in [0.1, 0.15) is 24.3 Å². The van der Waals surface area contributed by atoms with E-state index in [-0.39, 0.29) is 55.5 Å². The quantitative estimate of drug-likeness (QED) is 0.671. The molecule has 1 aliphatic rings. The second-order valence-corrected chi connectivity index (χ2v) is 7.11. The Labute approximate surface area is 172 Å². The lowest BCUT2D eigenvalue weighted by atomic mass is 9.96. The van der Waals surface area contributed by atoms with Crippen molar-refractivity contribution in [3.05, 3.63) is 66.1 Å². The van der Waals surface area contributed by atoms with Crippen LogP contribution in [0.5, 0.6) is 0 Å². The molecule has 0 spiro atoms. The van der Waals surface area contributed by atoms with E-state index in [2.05, 4.69) is 20.4 Å². The maximum absolute atomic E-state index is 13.4. The van der Waals surface area contributed by atoms with Crippen LogP contribution in [-0.2, 0) is 22.7 Å². The second kappa shape index (κ2) is 8.81. The number of nitrogens with one attached hydrogen (secondary N) is 1. The van der Waals surface area contributed by atoms with E-state index < -0.39 is 0 Å². The van der Waals surface area contributed by atoms with Crippen molar-refractivity contribution in [3.63, 3.8) is 0 Å². The highest BCUT2D eigenvalue weighted by Crippen LogP contribution is 2.21. The number of amides is 2. The Bertz CT molecular complexity index is 1040. The summed E-state index contributed by atoms with van der Waals surface area (Å²) < 4.78 is 18.6. The zero-order valence-electron chi connectivity index (χ0n) is 16.1. The van der Waals surface area contributed by atoms with Gasteiger partial charge in [0.1, 0.15) is 5.82 Å². The number of nitrogens with zero attached hydrogens (tertiary/aromatic N) is 4. The van der Waals surface area contributed by atoms with Gasteiger partial charge in [0.25, 0.3) is 0 Å². The normalized spacial score (nSPS) is 16.5. The summed E-state index contributed by atoms with van der Waals surface area (Å²) in [5.41, 5.74) is 1.41. The van der Waals surface area contributed by atoms with Gasteiger partial charge in [0, 0.05) is 37.5 Å². The average Bonchev–Trinajstić information content (AvgIpc) is 3.23. The van der Waals surface area contributed by atoms with E-state index in [0.29, 0.717) is 17.8 Å². The predicted molar refractivity (Wildman–Crippen MR) is 104 cm³/mol. The van der Waals surface area contributed by atoms with Crippen LogP contribution >= 0.6 is 0 Å². The van der Waals surface area contributed by atoms with E-state index >= 15 is 0 Å². The number of likely N-dealkylation sites (tertiary alicyclic amines) is 1. The van der Waals surface area contributed by atoms with Gasteiger partial charge in [0.05, 0.1) is 12.5 Å². The number of rotatable bonds is 6. The van der Waals surface area contributed by atoms with Crippen LogP contribution in [0.25, 0.3) is 11.4 Å². The predicted octanol–water partition coefficient (Wildman–Crippen LogP) is 2.33. The molecule has 0 radical (unpaired) electrons. The molecule has 9 heteroatoms. The lowest BCUT2D eigenvalue weighted by Gasteiger charge is -2.32. The van der Waals surface area contributed by atoms with Gasteiger partial charge >= 0.3 is 0 Å². The van der Waals surface area contributed by atoms with Crippen molar-refractivity contribution in [1.82, 2.24) is 25.3 Å². The smallest absolute Gasteiger partial charge is 0.246 e. The zero-order valence-corrected chi connectivity index (χ0v) is 16.1.